The van der Waals surface area contributed by atoms with Gasteiger partial charge in [-0.1, -0.05) is 11.6 Å². The normalized spacial score (nSPS) is 10.8. The number of aromatic amines is 1. The number of H-pyrrole nitrogens is 1. The second-order valence-electron chi connectivity index (χ2n) is 4.07. The van der Waals surface area contributed by atoms with Crippen molar-refractivity contribution in [3.63, 3.8) is 0 Å². The first-order chi connectivity index (χ1) is 9.13. The third-order valence-electron chi connectivity index (χ3n) is 2.74. The zero-order chi connectivity index (χ0) is 13.4. The number of carbonyl (C=O) groups is 1. The largest absolute Gasteiger partial charge is 0.463 e. The first-order valence-electron chi connectivity index (χ1n) is 5.56. The standard InChI is InChI=1S/C13H10ClN3O2/c14-8-5-7(1-2-9(8)15)16-13(18)11-6-12-10(17-11)3-4-19-12/h1-6,17H,15H2,(H,16,18). The van der Waals surface area contributed by atoms with Crippen LogP contribution in [0, 0.1) is 0 Å². The van der Waals surface area contributed by atoms with Crippen molar-refractivity contribution in [2.45, 2.75) is 0 Å². The van der Waals surface area contributed by atoms with Gasteiger partial charge in [-0.15, -0.1) is 0 Å². The van der Waals surface area contributed by atoms with Crippen molar-refractivity contribution in [1.82, 2.24) is 4.98 Å². The van der Waals surface area contributed by atoms with Crippen LogP contribution in [0.3, 0.4) is 0 Å². The van der Waals surface area contributed by atoms with Crippen molar-refractivity contribution >= 4 is 40.0 Å². The van der Waals surface area contributed by atoms with Gasteiger partial charge in [-0.05, 0) is 18.2 Å². The maximum absolute atomic E-state index is 12.0. The summed E-state index contributed by atoms with van der Waals surface area (Å²) in [5.41, 5.74) is 8.49. The molecule has 96 valence electrons. The van der Waals surface area contributed by atoms with Gasteiger partial charge >= 0.3 is 0 Å². The molecule has 19 heavy (non-hydrogen) atoms. The van der Waals surface area contributed by atoms with Gasteiger partial charge in [0.15, 0.2) is 5.58 Å². The van der Waals surface area contributed by atoms with Crippen LogP contribution in [0.4, 0.5) is 11.4 Å². The molecular formula is C13H10ClN3O2. The first-order valence-corrected chi connectivity index (χ1v) is 5.94. The second-order valence-corrected chi connectivity index (χ2v) is 4.48. The van der Waals surface area contributed by atoms with Gasteiger partial charge in [0.25, 0.3) is 5.91 Å². The lowest BCUT2D eigenvalue weighted by molar-refractivity contribution is 0.102. The Morgan fingerprint density at radius 2 is 2.16 bits per heavy atom. The molecule has 1 amide bonds. The number of nitrogens with one attached hydrogen (secondary N) is 2. The highest BCUT2D eigenvalue weighted by Gasteiger charge is 2.11. The quantitative estimate of drug-likeness (QED) is 0.628. The highest BCUT2D eigenvalue weighted by atomic mass is 35.5. The second kappa shape index (κ2) is 4.37. The minimum atomic E-state index is -0.271. The number of nitrogen functional groups attached to an aromatic ring is 1. The van der Waals surface area contributed by atoms with E-state index in [1.807, 2.05) is 0 Å². The average Bonchev–Trinajstić information content (AvgIpc) is 2.94. The Balaban J connectivity index is 1.84. The van der Waals surface area contributed by atoms with Crippen LogP contribution in [-0.4, -0.2) is 10.9 Å². The van der Waals surface area contributed by atoms with E-state index in [0.29, 0.717) is 27.7 Å². The Hall–Kier alpha value is -2.40. The van der Waals surface area contributed by atoms with E-state index in [-0.39, 0.29) is 5.91 Å². The molecule has 3 rings (SSSR count). The van der Waals surface area contributed by atoms with Gasteiger partial charge in [-0.3, -0.25) is 4.79 Å². The summed E-state index contributed by atoms with van der Waals surface area (Å²) in [7, 11) is 0. The average molecular weight is 276 g/mol. The fourth-order valence-electron chi connectivity index (χ4n) is 1.77. The number of fused-ring (bicyclic) bond motifs is 1. The van der Waals surface area contributed by atoms with E-state index in [2.05, 4.69) is 10.3 Å². The van der Waals surface area contributed by atoms with E-state index in [0.717, 1.165) is 5.52 Å². The molecule has 0 radical (unpaired) electrons. The van der Waals surface area contributed by atoms with Gasteiger partial charge in [-0.2, -0.15) is 0 Å². The van der Waals surface area contributed by atoms with E-state index in [9.17, 15) is 4.79 Å². The minimum Gasteiger partial charge on any atom is -0.463 e. The third kappa shape index (κ3) is 2.15. The summed E-state index contributed by atoms with van der Waals surface area (Å²) in [5, 5.41) is 3.13. The molecule has 1 aromatic carbocycles. The Morgan fingerprint density at radius 1 is 1.32 bits per heavy atom. The number of carbonyl (C=O) groups excluding carboxylic acids is 1. The van der Waals surface area contributed by atoms with Crippen LogP contribution in [0.1, 0.15) is 10.5 Å². The van der Waals surface area contributed by atoms with Gasteiger partial charge < -0.3 is 20.5 Å². The number of hydrogen-bond acceptors (Lipinski definition) is 3. The molecule has 2 heterocycles. The summed E-state index contributed by atoms with van der Waals surface area (Å²) in [6.45, 7) is 0. The predicted octanol–water partition coefficient (Wildman–Crippen LogP) is 3.25. The summed E-state index contributed by atoms with van der Waals surface area (Å²) in [6.07, 6.45) is 1.56. The lowest BCUT2D eigenvalue weighted by Gasteiger charge is -2.05. The number of hydrogen-bond donors (Lipinski definition) is 3. The van der Waals surface area contributed by atoms with E-state index in [4.69, 9.17) is 21.8 Å². The van der Waals surface area contributed by atoms with Crippen LogP contribution >= 0.6 is 11.6 Å². The number of benzene rings is 1. The van der Waals surface area contributed by atoms with E-state index in [1.54, 1.807) is 36.6 Å². The third-order valence-corrected chi connectivity index (χ3v) is 3.07. The monoisotopic (exact) mass is 275 g/mol. The summed E-state index contributed by atoms with van der Waals surface area (Å²) >= 11 is 5.89. The van der Waals surface area contributed by atoms with Crippen LogP contribution in [0.25, 0.3) is 11.1 Å². The molecule has 5 nitrogen and oxygen atoms in total. The Kier molecular flexibility index (Phi) is 2.68. The van der Waals surface area contributed by atoms with Crippen molar-refractivity contribution < 1.29 is 9.21 Å². The van der Waals surface area contributed by atoms with E-state index < -0.39 is 0 Å². The van der Waals surface area contributed by atoms with Crippen LogP contribution in [0.5, 0.6) is 0 Å². The minimum absolute atomic E-state index is 0.271. The maximum Gasteiger partial charge on any atom is 0.272 e. The molecular weight excluding hydrogens is 266 g/mol. The Morgan fingerprint density at radius 3 is 2.89 bits per heavy atom. The Labute approximate surface area is 113 Å². The summed E-state index contributed by atoms with van der Waals surface area (Å²) in [6, 6.07) is 8.32. The number of aromatic nitrogens is 1. The number of rotatable bonds is 2. The van der Waals surface area contributed by atoms with Gasteiger partial charge in [0.05, 0.1) is 22.5 Å². The summed E-state index contributed by atoms with van der Waals surface area (Å²) in [5.74, 6) is -0.271. The number of halogens is 1. The van der Waals surface area contributed by atoms with Crippen LogP contribution < -0.4 is 11.1 Å². The van der Waals surface area contributed by atoms with Crippen LogP contribution in [0.2, 0.25) is 5.02 Å². The molecule has 4 N–H and O–H groups in total. The van der Waals surface area contributed by atoms with Gasteiger partial charge in [-0.25, -0.2) is 0 Å². The summed E-state index contributed by atoms with van der Waals surface area (Å²) < 4.78 is 5.18. The molecule has 2 aromatic heterocycles. The SMILES string of the molecule is Nc1ccc(NC(=O)c2cc3occc3[nH]2)cc1Cl. The van der Waals surface area contributed by atoms with Gasteiger partial charge in [0.1, 0.15) is 5.69 Å². The predicted molar refractivity (Wildman–Crippen MR) is 74.4 cm³/mol. The number of anilines is 2. The molecule has 0 atom stereocenters. The zero-order valence-electron chi connectivity index (χ0n) is 9.74. The maximum atomic E-state index is 12.0. The highest BCUT2D eigenvalue weighted by Crippen LogP contribution is 2.23. The molecule has 0 spiro atoms. The fourth-order valence-corrected chi connectivity index (χ4v) is 1.95. The first kappa shape index (κ1) is 11.7. The van der Waals surface area contributed by atoms with E-state index >= 15 is 0 Å². The molecule has 0 aliphatic rings. The molecule has 0 fully saturated rings. The number of nitrogens with two attached hydrogens (primary N) is 1. The van der Waals surface area contributed by atoms with E-state index in [1.165, 1.54) is 0 Å². The lowest BCUT2D eigenvalue weighted by Crippen LogP contribution is -2.12. The van der Waals surface area contributed by atoms with Gasteiger partial charge in [0.2, 0.25) is 0 Å². The van der Waals surface area contributed by atoms with Crippen LogP contribution in [-0.2, 0) is 0 Å². The molecule has 3 aromatic rings. The summed E-state index contributed by atoms with van der Waals surface area (Å²) in [4.78, 5) is 15.0. The zero-order valence-corrected chi connectivity index (χ0v) is 10.5. The molecule has 0 bridgehead atoms. The molecule has 6 heteroatoms. The molecule has 0 aliphatic heterocycles. The molecule has 0 saturated carbocycles. The Bertz CT molecular complexity index is 732. The molecule has 0 aliphatic carbocycles. The number of amides is 1. The van der Waals surface area contributed by atoms with Crippen molar-refractivity contribution in [3.05, 3.63) is 47.3 Å². The highest BCUT2D eigenvalue weighted by molar-refractivity contribution is 6.33. The van der Waals surface area contributed by atoms with Crippen LogP contribution in [0.15, 0.2) is 41.0 Å². The number of furan rings is 1. The molecule has 0 saturated heterocycles. The van der Waals surface area contributed by atoms with Crippen molar-refractivity contribution in [1.29, 1.82) is 0 Å². The van der Waals surface area contributed by atoms with Crippen molar-refractivity contribution in [3.8, 4) is 0 Å². The topological polar surface area (TPSA) is 84.0 Å². The molecule has 0 unspecified atom stereocenters. The lowest BCUT2D eigenvalue weighted by atomic mass is 10.2. The van der Waals surface area contributed by atoms with Gasteiger partial charge in [0, 0.05) is 17.8 Å². The van der Waals surface area contributed by atoms with Crippen molar-refractivity contribution in [2.24, 2.45) is 0 Å². The smallest absolute Gasteiger partial charge is 0.272 e. The fraction of sp³-hybridized carbons (Fsp3) is 0. The van der Waals surface area contributed by atoms with Crippen molar-refractivity contribution in [2.75, 3.05) is 11.1 Å².